The standard InChI is InChI=1S/C18H28O4/c1-5-18(2,3)17-13(14(19)12-15(17)20)10-8-6-7-9-11-16(21)22-4/h5,15,20H,1,6-12H2,2-4H3. The summed E-state index contributed by atoms with van der Waals surface area (Å²) in [5.41, 5.74) is 1.26. The smallest absolute Gasteiger partial charge is 0.305 e. The second-order valence-electron chi connectivity index (χ2n) is 6.45. The molecule has 124 valence electrons. The lowest BCUT2D eigenvalue weighted by molar-refractivity contribution is -0.140. The van der Waals surface area contributed by atoms with Crippen LogP contribution in [0.3, 0.4) is 0 Å². The molecule has 1 aliphatic carbocycles. The van der Waals surface area contributed by atoms with Gasteiger partial charge < -0.3 is 9.84 Å². The number of esters is 1. The number of aliphatic hydroxyl groups excluding tert-OH is 1. The van der Waals surface area contributed by atoms with Crippen LogP contribution in [0, 0.1) is 5.41 Å². The average Bonchev–Trinajstić information content (AvgIpc) is 2.76. The molecule has 0 spiro atoms. The summed E-state index contributed by atoms with van der Waals surface area (Å²) in [6.07, 6.45) is 6.08. The van der Waals surface area contributed by atoms with Gasteiger partial charge in [0.25, 0.3) is 0 Å². The maximum atomic E-state index is 12.1. The summed E-state index contributed by atoms with van der Waals surface area (Å²) in [7, 11) is 1.40. The van der Waals surface area contributed by atoms with Gasteiger partial charge in [0.2, 0.25) is 0 Å². The van der Waals surface area contributed by atoms with Gasteiger partial charge in [-0.1, -0.05) is 32.8 Å². The van der Waals surface area contributed by atoms with Gasteiger partial charge in [0.15, 0.2) is 5.78 Å². The monoisotopic (exact) mass is 308 g/mol. The van der Waals surface area contributed by atoms with Crippen molar-refractivity contribution in [1.29, 1.82) is 0 Å². The minimum atomic E-state index is -0.671. The highest BCUT2D eigenvalue weighted by Gasteiger charge is 2.37. The minimum Gasteiger partial charge on any atom is -0.469 e. The number of unbranched alkanes of at least 4 members (excludes halogenated alkanes) is 3. The lowest BCUT2D eigenvalue weighted by Gasteiger charge is -2.26. The Kier molecular flexibility index (Phi) is 7.01. The lowest BCUT2D eigenvalue weighted by atomic mass is 9.80. The van der Waals surface area contributed by atoms with E-state index in [2.05, 4.69) is 11.3 Å². The van der Waals surface area contributed by atoms with Crippen LogP contribution in [0.25, 0.3) is 0 Å². The molecular weight excluding hydrogens is 280 g/mol. The van der Waals surface area contributed by atoms with Crippen LogP contribution in [0.1, 0.15) is 58.8 Å². The fourth-order valence-corrected chi connectivity index (χ4v) is 2.98. The van der Waals surface area contributed by atoms with Gasteiger partial charge in [0.1, 0.15) is 0 Å². The molecule has 1 rings (SSSR count). The van der Waals surface area contributed by atoms with Crippen molar-refractivity contribution in [2.24, 2.45) is 5.41 Å². The highest BCUT2D eigenvalue weighted by Crippen LogP contribution is 2.40. The zero-order valence-electron chi connectivity index (χ0n) is 14.0. The fraction of sp³-hybridized carbons (Fsp3) is 0.667. The second kappa shape index (κ2) is 8.28. The van der Waals surface area contributed by atoms with Crippen LogP contribution >= 0.6 is 0 Å². The Hall–Kier alpha value is -1.42. The first-order chi connectivity index (χ1) is 10.3. The zero-order valence-corrected chi connectivity index (χ0v) is 14.0. The van der Waals surface area contributed by atoms with E-state index in [1.165, 1.54) is 7.11 Å². The predicted octanol–water partition coefficient (Wildman–Crippen LogP) is 3.34. The second-order valence-corrected chi connectivity index (χ2v) is 6.45. The fourth-order valence-electron chi connectivity index (χ4n) is 2.98. The largest absolute Gasteiger partial charge is 0.469 e. The normalized spacial score (nSPS) is 18.7. The molecule has 0 aromatic carbocycles. The molecule has 0 heterocycles. The van der Waals surface area contributed by atoms with E-state index in [0.29, 0.717) is 12.8 Å². The van der Waals surface area contributed by atoms with Gasteiger partial charge in [-0.15, -0.1) is 6.58 Å². The quantitative estimate of drug-likeness (QED) is 0.403. The SMILES string of the molecule is C=CC(C)(C)C1=C(CCCCCCC(=O)OC)C(=O)CC1O. The van der Waals surface area contributed by atoms with Crippen LogP contribution in [0.4, 0.5) is 0 Å². The molecule has 0 aliphatic heterocycles. The molecule has 1 aliphatic rings. The number of carbonyl (C=O) groups excluding carboxylic acids is 2. The van der Waals surface area contributed by atoms with Gasteiger partial charge in [0.05, 0.1) is 13.2 Å². The Morgan fingerprint density at radius 2 is 2.00 bits per heavy atom. The first kappa shape index (κ1) is 18.6. The first-order valence-corrected chi connectivity index (χ1v) is 7.98. The van der Waals surface area contributed by atoms with Crippen molar-refractivity contribution in [3.8, 4) is 0 Å². The summed E-state index contributed by atoms with van der Waals surface area (Å²) < 4.78 is 4.60. The number of rotatable bonds is 9. The molecule has 0 fully saturated rings. The molecule has 0 aromatic rings. The molecule has 0 aromatic heterocycles. The number of ketones is 1. The summed E-state index contributed by atoms with van der Waals surface area (Å²) in [4.78, 5) is 23.1. The summed E-state index contributed by atoms with van der Waals surface area (Å²) in [6, 6.07) is 0. The van der Waals surface area contributed by atoms with Gasteiger partial charge in [-0.2, -0.15) is 0 Å². The lowest BCUT2D eigenvalue weighted by Crippen LogP contribution is -2.20. The molecule has 0 amide bonds. The summed E-state index contributed by atoms with van der Waals surface area (Å²) >= 11 is 0. The average molecular weight is 308 g/mol. The molecule has 0 saturated heterocycles. The summed E-state index contributed by atoms with van der Waals surface area (Å²) in [5, 5.41) is 10.1. The first-order valence-electron chi connectivity index (χ1n) is 7.98. The van der Waals surface area contributed by atoms with Crippen LogP contribution in [-0.2, 0) is 14.3 Å². The van der Waals surface area contributed by atoms with Gasteiger partial charge in [-0.25, -0.2) is 0 Å². The Balaban J connectivity index is 2.53. The van der Waals surface area contributed by atoms with Crippen LogP contribution in [-0.4, -0.2) is 30.1 Å². The number of hydrogen-bond donors (Lipinski definition) is 1. The summed E-state index contributed by atoms with van der Waals surface area (Å²) in [5.74, 6) is -0.112. The highest BCUT2D eigenvalue weighted by molar-refractivity contribution is 6.00. The maximum Gasteiger partial charge on any atom is 0.305 e. The Labute approximate surface area is 133 Å². The number of methoxy groups -OCH3 is 1. The van der Waals surface area contributed by atoms with Crippen LogP contribution in [0.2, 0.25) is 0 Å². The van der Waals surface area contributed by atoms with Crippen LogP contribution in [0.15, 0.2) is 23.8 Å². The molecular formula is C18H28O4. The number of hydrogen-bond acceptors (Lipinski definition) is 4. The Morgan fingerprint density at radius 1 is 1.36 bits per heavy atom. The third kappa shape index (κ3) is 4.80. The topological polar surface area (TPSA) is 63.6 Å². The van der Waals surface area contributed by atoms with Gasteiger partial charge in [-0.05, 0) is 30.4 Å². The van der Waals surface area contributed by atoms with Gasteiger partial charge >= 0.3 is 5.97 Å². The summed E-state index contributed by atoms with van der Waals surface area (Å²) in [6.45, 7) is 7.78. The van der Waals surface area contributed by atoms with E-state index in [9.17, 15) is 14.7 Å². The number of ether oxygens (including phenoxy) is 1. The molecule has 1 unspecified atom stereocenters. The van der Waals surface area contributed by atoms with Gasteiger partial charge in [0, 0.05) is 18.3 Å². The van der Waals surface area contributed by atoms with Crippen LogP contribution < -0.4 is 0 Å². The van der Waals surface area contributed by atoms with E-state index in [4.69, 9.17) is 0 Å². The van der Waals surface area contributed by atoms with Crippen molar-refractivity contribution < 1.29 is 19.4 Å². The third-order valence-electron chi connectivity index (χ3n) is 4.36. The Morgan fingerprint density at radius 3 is 2.59 bits per heavy atom. The molecule has 0 bridgehead atoms. The predicted molar refractivity (Wildman–Crippen MR) is 86.4 cm³/mol. The number of Topliss-reactive ketones (excluding diaryl/α,β-unsaturated/α-hetero) is 1. The van der Waals surface area contributed by atoms with E-state index in [1.807, 2.05) is 13.8 Å². The van der Waals surface area contributed by atoms with E-state index in [1.54, 1.807) is 6.08 Å². The molecule has 0 saturated carbocycles. The maximum absolute atomic E-state index is 12.1. The van der Waals surface area contributed by atoms with Crippen molar-refractivity contribution in [3.05, 3.63) is 23.8 Å². The van der Waals surface area contributed by atoms with Crippen LogP contribution in [0.5, 0.6) is 0 Å². The van der Waals surface area contributed by atoms with E-state index in [0.717, 1.165) is 36.8 Å². The number of aliphatic hydroxyl groups is 1. The molecule has 0 radical (unpaired) electrons. The van der Waals surface area contributed by atoms with Crippen molar-refractivity contribution in [1.82, 2.24) is 0 Å². The van der Waals surface area contributed by atoms with Crippen molar-refractivity contribution in [2.75, 3.05) is 7.11 Å². The molecule has 4 nitrogen and oxygen atoms in total. The number of allylic oxidation sites excluding steroid dienone is 2. The van der Waals surface area contributed by atoms with E-state index >= 15 is 0 Å². The van der Waals surface area contributed by atoms with E-state index < -0.39 is 6.10 Å². The molecule has 1 N–H and O–H groups in total. The van der Waals surface area contributed by atoms with Crippen molar-refractivity contribution in [3.63, 3.8) is 0 Å². The van der Waals surface area contributed by atoms with Crippen molar-refractivity contribution in [2.45, 2.75) is 64.9 Å². The van der Waals surface area contributed by atoms with E-state index in [-0.39, 0.29) is 23.6 Å². The molecule has 22 heavy (non-hydrogen) atoms. The van der Waals surface area contributed by atoms with Gasteiger partial charge in [-0.3, -0.25) is 9.59 Å². The number of carbonyl (C=O) groups is 2. The minimum absolute atomic E-state index is 0.0620. The third-order valence-corrected chi connectivity index (χ3v) is 4.36. The zero-order chi connectivity index (χ0) is 16.8. The molecule has 1 atom stereocenters. The molecule has 4 heteroatoms. The Bertz CT molecular complexity index is 460. The highest BCUT2D eigenvalue weighted by atomic mass is 16.5. The van der Waals surface area contributed by atoms with Crippen molar-refractivity contribution >= 4 is 11.8 Å².